The number of hydrogen-bond acceptors (Lipinski definition) is 10. The van der Waals surface area contributed by atoms with Crippen LogP contribution in [0.4, 0.5) is 0 Å². The zero-order chi connectivity index (χ0) is 35.3. The maximum absolute atomic E-state index is 13.9. The summed E-state index contributed by atoms with van der Waals surface area (Å²) in [5.41, 5.74) is 0.849. The Kier molecular flexibility index (Phi) is 12.2. The molecule has 2 aromatic rings. The van der Waals surface area contributed by atoms with Gasteiger partial charge in [0.2, 0.25) is 11.8 Å². The zero-order valence-electron chi connectivity index (χ0n) is 28.4. The summed E-state index contributed by atoms with van der Waals surface area (Å²) in [7, 11) is 2.52. The van der Waals surface area contributed by atoms with Gasteiger partial charge in [0.1, 0.15) is 5.92 Å². The normalized spacial score (nSPS) is 20.4. The fraction of sp³-hybridized carbons (Fsp3) is 0.543. The quantitative estimate of drug-likeness (QED) is 0.275. The molecule has 0 bridgehead atoms. The van der Waals surface area contributed by atoms with Crippen molar-refractivity contribution in [2.75, 3.05) is 53.5 Å². The summed E-state index contributed by atoms with van der Waals surface area (Å²) in [5, 5.41) is 3.24. The first-order chi connectivity index (χ1) is 23.4. The van der Waals surface area contributed by atoms with E-state index in [1.807, 2.05) is 10.3 Å². The van der Waals surface area contributed by atoms with Crippen molar-refractivity contribution in [2.24, 2.45) is 10.9 Å². The molecule has 2 amide bonds. The number of halogens is 2. The molecule has 1 aromatic carbocycles. The third-order valence-corrected chi connectivity index (χ3v) is 11.2. The van der Waals surface area contributed by atoms with E-state index < -0.39 is 23.8 Å². The van der Waals surface area contributed by atoms with Crippen LogP contribution >= 0.6 is 34.5 Å². The van der Waals surface area contributed by atoms with Crippen LogP contribution in [0.2, 0.25) is 10.0 Å². The number of likely N-dealkylation sites (tertiary alicyclic amines) is 1. The number of amides is 2. The number of ether oxygens (including phenoxy) is 2. The lowest BCUT2D eigenvalue weighted by Gasteiger charge is -2.40. The van der Waals surface area contributed by atoms with Crippen molar-refractivity contribution in [3.05, 3.63) is 61.7 Å². The van der Waals surface area contributed by atoms with Gasteiger partial charge < -0.3 is 19.3 Å². The first-order valence-corrected chi connectivity index (χ1v) is 18.2. The van der Waals surface area contributed by atoms with Gasteiger partial charge >= 0.3 is 11.9 Å². The summed E-state index contributed by atoms with van der Waals surface area (Å²) in [6, 6.07) is 4.96. The highest BCUT2D eigenvalue weighted by atomic mass is 35.5. The molecule has 0 radical (unpaired) electrons. The molecule has 0 saturated carbocycles. The van der Waals surface area contributed by atoms with Crippen molar-refractivity contribution < 1.29 is 28.7 Å². The van der Waals surface area contributed by atoms with Crippen molar-refractivity contribution in [2.45, 2.75) is 63.8 Å². The Bertz CT molecular complexity index is 1600. The number of aromatic nitrogens is 1. The third kappa shape index (κ3) is 8.36. The molecule has 1 aromatic heterocycles. The van der Waals surface area contributed by atoms with Crippen LogP contribution in [0.15, 0.2) is 46.0 Å². The third-order valence-electron chi connectivity index (χ3n) is 9.73. The van der Waals surface area contributed by atoms with Gasteiger partial charge in [-0.1, -0.05) is 29.3 Å². The number of nitrogens with zero attached hydrogens (tertiary/aromatic N) is 5. The highest BCUT2D eigenvalue weighted by Crippen LogP contribution is 2.46. The number of aryl methyl sites for hydroxylation is 1. The van der Waals surface area contributed by atoms with Gasteiger partial charge in [-0.05, 0) is 50.8 Å². The Morgan fingerprint density at radius 2 is 1.73 bits per heavy atom. The second-order valence-corrected chi connectivity index (χ2v) is 14.9. The Hall–Kier alpha value is -3.32. The van der Waals surface area contributed by atoms with E-state index in [-0.39, 0.29) is 45.1 Å². The standard InChI is InChI=1S/C35H43Cl2N5O6S/c1-35(2,42-14-6-9-27(42)43)12-15-40-16-18-41(19-17-40)28(44)21-25-31(34(46)48-4)32(29-22(36)7-5-8-23(29)37)30(33(45)47-3)24(39-25)10-11-26-38-13-20-49-26/h5,7-8,13,20,30,32H,6,9-12,14-19,21H2,1-4H3. The molecule has 11 nitrogen and oxygen atoms in total. The monoisotopic (exact) mass is 731 g/mol. The van der Waals surface area contributed by atoms with Crippen molar-refractivity contribution in [3.63, 3.8) is 0 Å². The molecule has 2 unspecified atom stereocenters. The Morgan fingerprint density at radius 3 is 2.33 bits per heavy atom. The number of aliphatic imine (C=N–C) groups is 1. The van der Waals surface area contributed by atoms with Crippen molar-refractivity contribution in [3.8, 4) is 0 Å². The molecule has 14 heteroatoms. The fourth-order valence-corrected chi connectivity index (χ4v) is 8.26. The van der Waals surface area contributed by atoms with E-state index in [2.05, 4.69) is 23.7 Å². The lowest BCUT2D eigenvalue weighted by Crippen LogP contribution is -2.51. The number of hydrogen-bond donors (Lipinski definition) is 0. The van der Waals surface area contributed by atoms with Crippen molar-refractivity contribution in [1.82, 2.24) is 19.7 Å². The second kappa shape index (κ2) is 16.1. The van der Waals surface area contributed by atoms with Crippen LogP contribution < -0.4 is 0 Å². The summed E-state index contributed by atoms with van der Waals surface area (Å²) in [5.74, 6) is -3.37. The van der Waals surface area contributed by atoms with E-state index in [9.17, 15) is 19.2 Å². The summed E-state index contributed by atoms with van der Waals surface area (Å²) in [4.78, 5) is 68.7. The summed E-state index contributed by atoms with van der Waals surface area (Å²) < 4.78 is 10.5. The van der Waals surface area contributed by atoms with Crippen LogP contribution in [0.5, 0.6) is 0 Å². The number of benzene rings is 1. The molecule has 264 valence electrons. The number of methoxy groups -OCH3 is 2. The van der Waals surface area contributed by atoms with Crippen LogP contribution in [-0.2, 0) is 35.1 Å². The van der Waals surface area contributed by atoms with Crippen LogP contribution in [0.1, 0.15) is 62.4 Å². The van der Waals surface area contributed by atoms with Crippen LogP contribution in [0, 0.1) is 5.92 Å². The number of piperazine rings is 1. The molecule has 0 aliphatic carbocycles. The average Bonchev–Trinajstić information content (AvgIpc) is 3.78. The topological polar surface area (TPSA) is 122 Å². The van der Waals surface area contributed by atoms with Gasteiger partial charge in [-0.2, -0.15) is 0 Å². The first kappa shape index (κ1) is 36.9. The summed E-state index contributed by atoms with van der Waals surface area (Å²) in [6.45, 7) is 8.24. The minimum absolute atomic E-state index is 0.0524. The van der Waals surface area contributed by atoms with Gasteiger partial charge in [-0.3, -0.25) is 24.3 Å². The highest BCUT2D eigenvalue weighted by molar-refractivity contribution is 7.09. The molecule has 0 spiro atoms. The van der Waals surface area contributed by atoms with E-state index in [0.29, 0.717) is 56.7 Å². The van der Waals surface area contributed by atoms with Gasteiger partial charge in [0.15, 0.2) is 0 Å². The SMILES string of the molecule is COC(=O)C1=C(CC(=O)N2CCN(CCC(C)(C)N3CCCC3=O)CC2)N=C(CCc2nccs2)C(C(=O)OC)C1c1c(Cl)cccc1Cl. The number of carbonyl (C=O) groups excluding carboxylic acids is 4. The lowest BCUT2D eigenvalue weighted by atomic mass is 9.74. The van der Waals surface area contributed by atoms with E-state index >= 15 is 0 Å². The predicted molar refractivity (Wildman–Crippen MR) is 189 cm³/mol. The molecule has 49 heavy (non-hydrogen) atoms. The molecule has 2 saturated heterocycles. The van der Waals surface area contributed by atoms with Gasteiger partial charge in [0.25, 0.3) is 0 Å². The molecular weight excluding hydrogens is 689 g/mol. The van der Waals surface area contributed by atoms with Gasteiger partial charge in [0, 0.05) is 90.9 Å². The smallest absolute Gasteiger partial charge is 0.336 e. The number of carbonyl (C=O) groups is 4. The minimum atomic E-state index is -1.04. The minimum Gasteiger partial charge on any atom is -0.468 e. The fourth-order valence-electron chi connectivity index (χ4n) is 7.00. The molecule has 5 rings (SSSR count). The van der Waals surface area contributed by atoms with Crippen LogP contribution in [0.25, 0.3) is 0 Å². The van der Waals surface area contributed by atoms with Gasteiger partial charge in [-0.25, -0.2) is 9.78 Å². The van der Waals surface area contributed by atoms with Gasteiger partial charge in [0.05, 0.1) is 36.9 Å². The second-order valence-electron chi connectivity index (χ2n) is 13.1. The first-order valence-electron chi connectivity index (χ1n) is 16.5. The van der Waals surface area contributed by atoms with E-state index in [0.717, 1.165) is 30.9 Å². The summed E-state index contributed by atoms with van der Waals surface area (Å²) >= 11 is 14.9. The molecule has 2 fully saturated rings. The van der Waals surface area contributed by atoms with Crippen LogP contribution in [-0.4, -0.2) is 108 Å². The van der Waals surface area contributed by atoms with Crippen molar-refractivity contribution in [1.29, 1.82) is 0 Å². The van der Waals surface area contributed by atoms with Gasteiger partial charge in [-0.15, -0.1) is 11.3 Å². The number of rotatable bonds is 12. The van der Waals surface area contributed by atoms with E-state index in [1.165, 1.54) is 25.6 Å². The largest absolute Gasteiger partial charge is 0.468 e. The lowest BCUT2D eigenvalue weighted by molar-refractivity contribution is -0.144. The Balaban J connectivity index is 1.41. The molecule has 3 aliphatic rings. The predicted octanol–water partition coefficient (Wildman–Crippen LogP) is 5.16. The molecule has 2 atom stereocenters. The van der Waals surface area contributed by atoms with Crippen molar-refractivity contribution >= 4 is 64.0 Å². The molecule has 4 heterocycles. The Morgan fingerprint density at radius 1 is 1.02 bits per heavy atom. The Labute approximate surface area is 301 Å². The molecule has 3 aliphatic heterocycles. The zero-order valence-corrected chi connectivity index (χ0v) is 30.7. The summed E-state index contributed by atoms with van der Waals surface area (Å²) in [6.07, 6.45) is 4.72. The van der Waals surface area contributed by atoms with E-state index in [1.54, 1.807) is 29.3 Å². The average molecular weight is 733 g/mol. The maximum atomic E-state index is 13.9. The molecular formula is C35H43Cl2N5O6S. The number of esters is 2. The van der Waals surface area contributed by atoms with E-state index in [4.69, 9.17) is 37.7 Å². The van der Waals surface area contributed by atoms with Crippen LogP contribution in [0.3, 0.4) is 0 Å². The highest BCUT2D eigenvalue weighted by Gasteiger charge is 2.46. The molecule has 0 N–H and O–H groups in total. The number of thiazole rings is 1. The maximum Gasteiger partial charge on any atom is 0.336 e.